The number of thiazole rings is 1. The van der Waals surface area contributed by atoms with Gasteiger partial charge in [0, 0.05) is 5.38 Å². The van der Waals surface area contributed by atoms with Crippen molar-refractivity contribution in [1.82, 2.24) is 4.98 Å². The number of amides is 2. The van der Waals surface area contributed by atoms with E-state index < -0.39 is 5.91 Å². The van der Waals surface area contributed by atoms with Crippen molar-refractivity contribution in [2.24, 2.45) is 0 Å². The molecule has 1 aromatic heterocycles. The van der Waals surface area contributed by atoms with Gasteiger partial charge in [0.15, 0.2) is 5.13 Å². The first-order valence-electron chi connectivity index (χ1n) is 7.75. The van der Waals surface area contributed by atoms with E-state index in [4.69, 9.17) is 5.26 Å². The fourth-order valence-corrected chi connectivity index (χ4v) is 2.96. The Labute approximate surface area is 154 Å². The molecule has 6 nitrogen and oxygen atoms in total. The van der Waals surface area contributed by atoms with Gasteiger partial charge >= 0.3 is 0 Å². The van der Waals surface area contributed by atoms with Crippen molar-refractivity contribution in [3.8, 4) is 6.07 Å². The Morgan fingerprint density at radius 1 is 1.04 bits per heavy atom. The molecule has 0 aliphatic carbocycles. The molecule has 0 saturated heterocycles. The maximum Gasteiger partial charge on any atom is 0.275 e. The highest BCUT2D eigenvalue weighted by atomic mass is 32.1. The quantitative estimate of drug-likeness (QED) is 0.727. The molecule has 128 valence electrons. The Balaban J connectivity index is 1.63. The molecular formula is C19H14N4O2S. The Morgan fingerprint density at radius 2 is 1.77 bits per heavy atom. The van der Waals surface area contributed by atoms with E-state index >= 15 is 0 Å². The maximum atomic E-state index is 12.3. The Hall–Kier alpha value is -3.50. The van der Waals surface area contributed by atoms with Gasteiger partial charge in [0.1, 0.15) is 11.8 Å². The molecule has 1 heterocycles. The Bertz CT molecular complexity index is 976. The van der Waals surface area contributed by atoms with Gasteiger partial charge in [-0.15, -0.1) is 11.3 Å². The van der Waals surface area contributed by atoms with Gasteiger partial charge in [-0.3, -0.25) is 9.59 Å². The van der Waals surface area contributed by atoms with Crippen molar-refractivity contribution >= 4 is 34.0 Å². The molecule has 2 aromatic carbocycles. The third-order valence-electron chi connectivity index (χ3n) is 3.49. The number of hydrogen-bond acceptors (Lipinski definition) is 5. The SMILES string of the molecule is N#Cc1ccccc1NC(=O)c1csc(NC(=O)Cc2ccccc2)n1. The van der Waals surface area contributed by atoms with Crippen LogP contribution in [0.2, 0.25) is 0 Å². The van der Waals surface area contributed by atoms with E-state index in [1.807, 2.05) is 36.4 Å². The van der Waals surface area contributed by atoms with E-state index in [9.17, 15) is 9.59 Å². The summed E-state index contributed by atoms with van der Waals surface area (Å²) in [5.41, 5.74) is 1.86. The lowest BCUT2D eigenvalue weighted by Crippen LogP contribution is -2.16. The lowest BCUT2D eigenvalue weighted by molar-refractivity contribution is -0.115. The zero-order chi connectivity index (χ0) is 18.4. The Morgan fingerprint density at radius 3 is 2.54 bits per heavy atom. The molecule has 7 heteroatoms. The number of rotatable bonds is 5. The van der Waals surface area contributed by atoms with Crippen molar-refractivity contribution < 1.29 is 9.59 Å². The van der Waals surface area contributed by atoms with Crippen LogP contribution >= 0.6 is 11.3 Å². The lowest BCUT2D eigenvalue weighted by atomic mass is 10.1. The van der Waals surface area contributed by atoms with E-state index in [0.29, 0.717) is 16.4 Å². The molecule has 2 amide bonds. The molecular weight excluding hydrogens is 348 g/mol. The molecule has 0 aliphatic rings. The van der Waals surface area contributed by atoms with Crippen molar-refractivity contribution in [2.75, 3.05) is 10.6 Å². The fourth-order valence-electron chi connectivity index (χ4n) is 2.26. The number of para-hydroxylation sites is 1. The first-order chi connectivity index (χ1) is 12.7. The highest BCUT2D eigenvalue weighted by Gasteiger charge is 2.14. The van der Waals surface area contributed by atoms with Gasteiger partial charge in [0.2, 0.25) is 5.91 Å². The molecule has 2 N–H and O–H groups in total. The van der Waals surface area contributed by atoms with Gasteiger partial charge in [-0.05, 0) is 17.7 Å². The largest absolute Gasteiger partial charge is 0.319 e. The number of hydrogen-bond donors (Lipinski definition) is 2. The van der Waals surface area contributed by atoms with E-state index in [2.05, 4.69) is 15.6 Å². The zero-order valence-electron chi connectivity index (χ0n) is 13.6. The molecule has 0 unspecified atom stereocenters. The van der Waals surface area contributed by atoms with Crippen molar-refractivity contribution in [3.63, 3.8) is 0 Å². The summed E-state index contributed by atoms with van der Waals surface area (Å²) in [6, 6.07) is 18.1. The van der Waals surface area contributed by atoms with Crippen LogP contribution in [0.5, 0.6) is 0 Å². The minimum absolute atomic E-state index is 0.178. The van der Waals surface area contributed by atoms with E-state index in [0.717, 1.165) is 5.56 Å². The minimum Gasteiger partial charge on any atom is -0.319 e. The summed E-state index contributed by atoms with van der Waals surface area (Å²) < 4.78 is 0. The second-order valence-corrected chi connectivity index (χ2v) is 6.22. The van der Waals surface area contributed by atoms with Gasteiger partial charge < -0.3 is 10.6 Å². The smallest absolute Gasteiger partial charge is 0.275 e. The Kier molecular flexibility index (Phi) is 5.37. The number of carbonyl (C=O) groups excluding carboxylic acids is 2. The predicted molar refractivity (Wildman–Crippen MR) is 100.0 cm³/mol. The molecule has 0 spiro atoms. The van der Waals surface area contributed by atoms with Crippen LogP contribution in [-0.2, 0) is 11.2 Å². The summed E-state index contributed by atoms with van der Waals surface area (Å²) >= 11 is 1.17. The third-order valence-corrected chi connectivity index (χ3v) is 4.24. The first kappa shape index (κ1) is 17.3. The number of benzene rings is 2. The molecule has 0 saturated carbocycles. The highest BCUT2D eigenvalue weighted by molar-refractivity contribution is 7.14. The number of nitrogens with zero attached hydrogens (tertiary/aromatic N) is 2. The van der Waals surface area contributed by atoms with Crippen LogP contribution in [-0.4, -0.2) is 16.8 Å². The van der Waals surface area contributed by atoms with Crippen molar-refractivity contribution in [3.05, 3.63) is 76.8 Å². The second kappa shape index (κ2) is 8.05. The number of anilines is 2. The topological polar surface area (TPSA) is 94.9 Å². The average Bonchev–Trinajstić information content (AvgIpc) is 3.11. The fraction of sp³-hybridized carbons (Fsp3) is 0.0526. The minimum atomic E-state index is -0.437. The van der Waals surface area contributed by atoms with Crippen LogP contribution in [0, 0.1) is 11.3 Å². The van der Waals surface area contributed by atoms with E-state index in [-0.39, 0.29) is 18.0 Å². The molecule has 0 fully saturated rings. The van der Waals surface area contributed by atoms with Gasteiger partial charge in [0.05, 0.1) is 17.7 Å². The molecule has 3 rings (SSSR count). The summed E-state index contributed by atoms with van der Waals surface area (Å²) in [7, 11) is 0. The van der Waals surface area contributed by atoms with Crippen molar-refractivity contribution in [2.45, 2.75) is 6.42 Å². The van der Waals surface area contributed by atoms with Gasteiger partial charge in [-0.1, -0.05) is 42.5 Å². The molecule has 0 radical (unpaired) electrons. The summed E-state index contributed by atoms with van der Waals surface area (Å²) in [6.45, 7) is 0. The van der Waals surface area contributed by atoms with Crippen LogP contribution < -0.4 is 10.6 Å². The third kappa shape index (κ3) is 4.32. The summed E-state index contributed by atoms with van der Waals surface area (Å²) in [6.07, 6.45) is 0.234. The molecule has 3 aromatic rings. The van der Waals surface area contributed by atoms with Crippen LogP contribution in [0.15, 0.2) is 60.0 Å². The zero-order valence-corrected chi connectivity index (χ0v) is 14.4. The van der Waals surface area contributed by atoms with Gasteiger partial charge in [0.25, 0.3) is 5.91 Å². The standard InChI is InChI=1S/C19H14N4O2S/c20-11-14-8-4-5-9-15(14)21-18(25)16-12-26-19(22-16)23-17(24)10-13-6-2-1-3-7-13/h1-9,12H,10H2,(H,21,25)(H,22,23,24). The van der Waals surface area contributed by atoms with Crippen LogP contribution in [0.4, 0.5) is 10.8 Å². The van der Waals surface area contributed by atoms with Crippen molar-refractivity contribution in [1.29, 1.82) is 5.26 Å². The molecule has 0 aliphatic heterocycles. The molecule has 26 heavy (non-hydrogen) atoms. The maximum absolute atomic E-state index is 12.3. The summed E-state index contributed by atoms with van der Waals surface area (Å²) in [5.74, 6) is -0.639. The molecule has 0 atom stereocenters. The van der Waals surface area contributed by atoms with Gasteiger partial charge in [-0.2, -0.15) is 5.26 Å². The van der Waals surface area contributed by atoms with Crippen LogP contribution in [0.3, 0.4) is 0 Å². The number of nitriles is 1. The number of nitrogens with one attached hydrogen (secondary N) is 2. The lowest BCUT2D eigenvalue weighted by Gasteiger charge is -2.04. The normalized spacial score (nSPS) is 9.96. The number of aromatic nitrogens is 1. The first-order valence-corrected chi connectivity index (χ1v) is 8.63. The van der Waals surface area contributed by atoms with Gasteiger partial charge in [-0.25, -0.2) is 4.98 Å². The molecule has 0 bridgehead atoms. The van der Waals surface area contributed by atoms with Crippen LogP contribution in [0.1, 0.15) is 21.6 Å². The van der Waals surface area contributed by atoms with E-state index in [1.165, 1.54) is 11.3 Å². The predicted octanol–water partition coefficient (Wildman–Crippen LogP) is 3.45. The van der Waals surface area contributed by atoms with Crippen LogP contribution in [0.25, 0.3) is 0 Å². The second-order valence-electron chi connectivity index (χ2n) is 5.36. The van der Waals surface area contributed by atoms with E-state index in [1.54, 1.807) is 29.6 Å². The number of carbonyl (C=O) groups is 2. The highest BCUT2D eigenvalue weighted by Crippen LogP contribution is 2.19. The summed E-state index contributed by atoms with van der Waals surface area (Å²) in [4.78, 5) is 28.5. The monoisotopic (exact) mass is 362 g/mol. The average molecular weight is 362 g/mol. The summed E-state index contributed by atoms with van der Waals surface area (Å²) in [5, 5.41) is 16.3.